The monoisotopic (exact) mass is 378 g/mol. The first-order valence-corrected chi connectivity index (χ1v) is 9.57. The van der Waals surface area contributed by atoms with E-state index in [-0.39, 0.29) is 11.8 Å². The molecule has 144 valence electrons. The standard InChI is InChI=1S/C22H22N2O4/c1-15-24(19(25)18(28-15)16-9-5-3-6-10-16)21(2)20(26)23-13-14-27-22(21,23)17-11-7-4-8-12-17/h3-12,15,18H,13-14H2,1-2H3/t15-,18+,21+,22+/m0/s1. The molecule has 0 radical (unpaired) electrons. The first-order chi connectivity index (χ1) is 13.5. The molecule has 0 N–H and O–H groups in total. The average Bonchev–Trinajstić information content (AvgIpc) is 3.28. The Kier molecular flexibility index (Phi) is 3.66. The zero-order valence-electron chi connectivity index (χ0n) is 15.9. The molecule has 6 nitrogen and oxygen atoms in total. The van der Waals surface area contributed by atoms with E-state index in [9.17, 15) is 9.59 Å². The lowest BCUT2D eigenvalue weighted by Crippen LogP contribution is -2.83. The van der Waals surface area contributed by atoms with Gasteiger partial charge in [-0.15, -0.1) is 0 Å². The number of fused-ring (bicyclic) bond motifs is 1. The third kappa shape index (κ3) is 1.94. The molecule has 5 rings (SSSR count). The highest BCUT2D eigenvalue weighted by atomic mass is 16.6. The van der Waals surface area contributed by atoms with Crippen molar-refractivity contribution in [2.75, 3.05) is 13.2 Å². The maximum atomic E-state index is 13.4. The van der Waals surface area contributed by atoms with Gasteiger partial charge in [0.2, 0.25) is 5.72 Å². The zero-order valence-corrected chi connectivity index (χ0v) is 15.9. The second-order valence-electron chi connectivity index (χ2n) is 7.62. The number of nitrogens with zero attached hydrogens (tertiary/aromatic N) is 2. The largest absolute Gasteiger partial charge is 0.347 e. The quantitative estimate of drug-likeness (QED) is 0.770. The first-order valence-electron chi connectivity index (χ1n) is 9.57. The molecule has 3 saturated heterocycles. The molecular formula is C22H22N2O4. The van der Waals surface area contributed by atoms with Crippen LogP contribution < -0.4 is 0 Å². The van der Waals surface area contributed by atoms with Crippen molar-refractivity contribution in [3.63, 3.8) is 0 Å². The van der Waals surface area contributed by atoms with Gasteiger partial charge in [-0.1, -0.05) is 60.7 Å². The highest BCUT2D eigenvalue weighted by molar-refractivity contribution is 6.00. The minimum Gasteiger partial charge on any atom is -0.347 e. The van der Waals surface area contributed by atoms with E-state index in [0.717, 1.165) is 11.1 Å². The topological polar surface area (TPSA) is 59.1 Å². The normalized spacial score (nSPS) is 34.5. The van der Waals surface area contributed by atoms with E-state index in [1.807, 2.05) is 67.6 Å². The number of amides is 2. The van der Waals surface area contributed by atoms with Crippen LogP contribution in [0.1, 0.15) is 31.1 Å². The molecule has 3 aliphatic rings. The summed E-state index contributed by atoms with van der Waals surface area (Å²) in [7, 11) is 0. The van der Waals surface area contributed by atoms with E-state index >= 15 is 0 Å². The summed E-state index contributed by atoms with van der Waals surface area (Å²) in [6, 6.07) is 19.1. The molecular weight excluding hydrogens is 356 g/mol. The molecule has 0 bridgehead atoms. The van der Waals surface area contributed by atoms with Gasteiger partial charge in [0.15, 0.2) is 11.6 Å². The van der Waals surface area contributed by atoms with Gasteiger partial charge < -0.3 is 14.4 Å². The van der Waals surface area contributed by atoms with Crippen molar-refractivity contribution < 1.29 is 19.1 Å². The van der Waals surface area contributed by atoms with E-state index in [2.05, 4.69) is 0 Å². The lowest BCUT2D eigenvalue weighted by Gasteiger charge is -2.62. The Labute approximate surface area is 163 Å². The molecule has 0 spiro atoms. The van der Waals surface area contributed by atoms with Gasteiger partial charge in [-0.25, -0.2) is 0 Å². The van der Waals surface area contributed by atoms with Crippen LogP contribution in [0.25, 0.3) is 0 Å². The molecule has 3 heterocycles. The van der Waals surface area contributed by atoms with Crippen LogP contribution in [-0.4, -0.2) is 46.5 Å². The van der Waals surface area contributed by atoms with Crippen molar-refractivity contribution >= 4 is 11.8 Å². The van der Waals surface area contributed by atoms with Gasteiger partial charge in [0.25, 0.3) is 11.8 Å². The Morgan fingerprint density at radius 3 is 2.32 bits per heavy atom. The van der Waals surface area contributed by atoms with Crippen LogP contribution in [0.4, 0.5) is 0 Å². The summed E-state index contributed by atoms with van der Waals surface area (Å²) < 4.78 is 12.2. The van der Waals surface area contributed by atoms with Gasteiger partial charge in [-0.05, 0) is 19.4 Å². The van der Waals surface area contributed by atoms with Crippen molar-refractivity contribution in [3.05, 3.63) is 71.8 Å². The summed E-state index contributed by atoms with van der Waals surface area (Å²) in [5.41, 5.74) is -0.484. The van der Waals surface area contributed by atoms with Gasteiger partial charge in [0.05, 0.1) is 6.61 Å². The van der Waals surface area contributed by atoms with Gasteiger partial charge in [-0.2, -0.15) is 0 Å². The third-order valence-corrected chi connectivity index (χ3v) is 6.23. The predicted molar refractivity (Wildman–Crippen MR) is 101 cm³/mol. The van der Waals surface area contributed by atoms with Crippen LogP contribution in [0, 0.1) is 0 Å². The Bertz CT molecular complexity index is 934. The molecule has 2 aromatic rings. The Morgan fingerprint density at radius 1 is 1.00 bits per heavy atom. The Balaban J connectivity index is 1.59. The lowest BCUT2D eigenvalue weighted by molar-refractivity contribution is -0.256. The SMILES string of the molecule is C[C@@H]1O[C@H](c2ccccc2)C(=O)N1[C@]1(C)C(=O)N2CCO[C@@]21c1ccccc1. The predicted octanol–water partition coefficient (Wildman–Crippen LogP) is 2.42. The summed E-state index contributed by atoms with van der Waals surface area (Å²) in [6.45, 7) is 4.57. The van der Waals surface area contributed by atoms with Crippen LogP contribution in [0.2, 0.25) is 0 Å². The molecule has 2 aromatic carbocycles. The minimum atomic E-state index is -1.16. The second kappa shape index (κ2) is 5.90. The smallest absolute Gasteiger partial charge is 0.259 e. The number of benzene rings is 2. The molecule has 4 atom stereocenters. The van der Waals surface area contributed by atoms with Crippen LogP contribution in [0.15, 0.2) is 60.7 Å². The number of β-lactam (4-membered cyclic amide) rings is 1. The Morgan fingerprint density at radius 2 is 1.64 bits per heavy atom. The van der Waals surface area contributed by atoms with Gasteiger partial charge >= 0.3 is 0 Å². The summed E-state index contributed by atoms with van der Waals surface area (Å²) in [5.74, 6) is -0.314. The van der Waals surface area contributed by atoms with Crippen molar-refractivity contribution in [1.29, 1.82) is 0 Å². The Hall–Kier alpha value is -2.70. The van der Waals surface area contributed by atoms with E-state index in [4.69, 9.17) is 9.47 Å². The van der Waals surface area contributed by atoms with Crippen LogP contribution >= 0.6 is 0 Å². The fourth-order valence-corrected chi connectivity index (χ4v) is 5.03. The molecule has 0 saturated carbocycles. The maximum Gasteiger partial charge on any atom is 0.259 e. The van der Waals surface area contributed by atoms with Gasteiger partial charge in [0.1, 0.15) is 6.23 Å². The number of hydrogen-bond acceptors (Lipinski definition) is 4. The first kappa shape index (κ1) is 17.4. The summed E-state index contributed by atoms with van der Waals surface area (Å²) in [4.78, 5) is 30.0. The number of hydrogen-bond donors (Lipinski definition) is 0. The third-order valence-electron chi connectivity index (χ3n) is 6.23. The van der Waals surface area contributed by atoms with Crippen LogP contribution in [0.3, 0.4) is 0 Å². The van der Waals surface area contributed by atoms with Gasteiger partial charge in [-0.3, -0.25) is 14.5 Å². The number of rotatable bonds is 3. The van der Waals surface area contributed by atoms with Crippen molar-refractivity contribution in [2.45, 2.75) is 37.4 Å². The zero-order chi connectivity index (χ0) is 19.5. The maximum absolute atomic E-state index is 13.4. The van der Waals surface area contributed by atoms with E-state index in [1.54, 1.807) is 16.7 Å². The van der Waals surface area contributed by atoms with E-state index in [1.165, 1.54) is 0 Å². The molecule has 3 aliphatic heterocycles. The molecule has 6 heteroatoms. The van der Waals surface area contributed by atoms with Crippen molar-refractivity contribution in [2.24, 2.45) is 0 Å². The fourth-order valence-electron chi connectivity index (χ4n) is 5.03. The fraction of sp³-hybridized carbons (Fsp3) is 0.364. The molecule has 0 unspecified atom stereocenters. The molecule has 0 aromatic heterocycles. The second-order valence-corrected chi connectivity index (χ2v) is 7.62. The minimum absolute atomic E-state index is 0.105. The van der Waals surface area contributed by atoms with E-state index in [0.29, 0.717) is 13.2 Å². The summed E-state index contributed by atoms with van der Waals surface area (Å²) in [6.07, 6.45) is -1.26. The average molecular weight is 378 g/mol. The van der Waals surface area contributed by atoms with E-state index < -0.39 is 23.6 Å². The molecule has 2 amide bonds. The molecule has 28 heavy (non-hydrogen) atoms. The number of carbonyl (C=O) groups is 2. The van der Waals surface area contributed by atoms with Gasteiger partial charge in [0, 0.05) is 12.1 Å². The van der Waals surface area contributed by atoms with Crippen LogP contribution in [0.5, 0.6) is 0 Å². The molecule has 3 fully saturated rings. The number of ether oxygens (including phenoxy) is 2. The van der Waals surface area contributed by atoms with Crippen LogP contribution in [-0.2, 0) is 24.8 Å². The summed E-state index contributed by atoms with van der Waals surface area (Å²) >= 11 is 0. The summed E-state index contributed by atoms with van der Waals surface area (Å²) in [5, 5.41) is 0. The van der Waals surface area contributed by atoms with Crippen molar-refractivity contribution in [1.82, 2.24) is 9.80 Å². The van der Waals surface area contributed by atoms with Crippen molar-refractivity contribution in [3.8, 4) is 0 Å². The lowest BCUT2D eigenvalue weighted by atomic mass is 9.71. The molecule has 0 aliphatic carbocycles. The highest BCUT2D eigenvalue weighted by Gasteiger charge is 2.77. The number of carbonyl (C=O) groups excluding carboxylic acids is 2. The highest BCUT2D eigenvalue weighted by Crippen LogP contribution is 2.57.